The number of carbonyl (C=O) groups excluding carboxylic acids is 1. The fourth-order valence-electron chi connectivity index (χ4n) is 1.47. The average molecular weight is 315 g/mol. The smallest absolute Gasteiger partial charge is 0.547 e. The molecule has 1 unspecified atom stereocenters. The zero-order chi connectivity index (χ0) is 13.0. The Morgan fingerprint density at radius 3 is 2.28 bits per heavy atom. The summed E-state index contributed by atoms with van der Waals surface area (Å²) >= 11 is 12.0. The van der Waals surface area contributed by atoms with Crippen LogP contribution >= 0.6 is 23.2 Å². The van der Waals surface area contributed by atoms with E-state index in [1.165, 1.54) is 7.11 Å². The van der Waals surface area contributed by atoms with E-state index in [1.54, 1.807) is 12.1 Å². The summed E-state index contributed by atoms with van der Waals surface area (Å²) in [4.78, 5) is 10.7. The number of aliphatic carboxylic acids is 1. The molecule has 94 valence electrons. The summed E-state index contributed by atoms with van der Waals surface area (Å²) in [6.45, 7) is 1.83. The van der Waals surface area contributed by atoms with Gasteiger partial charge >= 0.3 is 51.4 Å². The van der Waals surface area contributed by atoms with Crippen LogP contribution in [0, 0.1) is 6.92 Å². The maximum atomic E-state index is 10.7. The number of carboxylic acids is 1. The first kappa shape index (κ1) is 18.9. The summed E-state index contributed by atoms with van der Waals surface area (Å²) in [6, 6.07) is 3.57. The third-order valence-electron chi connectivity index (χ3n) is 2.58. The van der Waals surface area contributed by atoms with E-state index < -0.39 is 12.1 Å². The topological polar surface area (TPSA) is 49.4 Å². The van der Waals surface area contributed by atoms with Gasteiger partial charge < -0.3 is 14.6 Å². The third kappa shape index (κ3) is 5.47. The number of carboxylic acid groups (broad SMARTS) is 1. The Morgan fingerprint density at radius 1 is 1.39 bits per heavy atom. The predicted octanol–water partition coefficient (Wildman–Crippen LogP) is -0.997. The molecule has 1 aromatic rings. The van der Waals surface area contributed by atoms with Crippen LogP contribution in [0.1, 0.15) is 17.5 Å². The molecule has 0 N–H and O–H groups in total. The molecule has 1 atom stereocenters. The number of methoxy groups -OCH3 is 1. The van der Waals surface area contributed by atoms with Crippen LogP contribution in [0.5, 0.6) is 0 Å². The van der Waals surface area contributed by atoms with Crippen LogP contribution in [0.25, 0.3) is 0 Å². The number of aryl methyl sites for hydroxylation is 1. The molecular formula is C12H13Cl2KO3. The van der Waals surface area contributed by atoms with Crippen LogP contribution < -0.4 is 56.5 Å². The number of halogens is 2. The molecule has 0 aliphatic carbocycles. The molecule has 6 heteroatoms. The Balaban J connectivity index is 0.00000289. The number of hydrogen-bond acceptors (Lipinski definition) is 3. The molecule has 1 aromatic carbocycles. The maximum Gasteiger partial charge on any atom is 1.00 e. The molecule has 1 rings (SSSR count). The van der Waals surface area contributed by atoms with Gasteiger partial charge in [-0.2, -0.15) is 0 Å². The SMILES string of the molecule is COC(CCc1cc(Cl)c(C)c(Cl)c1)C(=O)[O-].[K+]. The van der Waals surface area contributed by atoms with Crippen LogP contribution in [0.15, 0.2) is 12.1 Å². The van der Waals surface area contributed by atoms with E-state index in [0.717, 1.165) is 11.1 Å². The summed E-state index contributed by atoms with van der Waals surface area (Å²) in [5, 5.41) is 11.8. The summed E-state index contributed by atoms with van der Waals surface area (Å²) in [7, 11) is 1.34. The molecule has 0 saturated heterocycles. The number of carbonyl (C=O) groups is 1. The van der Waals surface area contributed by atoms with E-state index in [1.807, 2.05) is 6.92 Å². The monoisotopic (exact) mass is 314 g/mol. The van der Waals surface area contributed by atoms with Crippen molar-refractivity contribution in [1.82, 2.24) is 0 Å². The van der Waals surface area contributed by atoms with Crippen molar-refractivity contribution < 1.29 is 66.0 Å². The van der Waals surface area contributed by atoms with Crippen molar-refractivity contribution in [3.63, 3.8) is 0 Å². The van der Waals surface area contributed by atoms with Crippen molar-refractivity contribution in [3.8, 4) is 0 Å². The maximum absolute atomic E-state index is 10.7. The second-order valence-corrected chi connectivity index (χ2v) is 4.58. The predicted molar refractivity (Wildman–Crippen MR) is 65.3 cm³/mol. The van der Waals surface area contributed by atoms with E-state index in [-0.39, 0.29) is 51.4 Å². The number of ether oxygens (including phenoxy) is 1. The van der Waals surface area contributed by atoms with Gasteiger partial charge in [-0.15, -0.1) is 0 Å². The molecule has 0 aliphatic heterocycles. The second kappa shape index (κ2) is 8.92. The number of benzene rings is 1. The molecule has 0 fully saturated rings. The zero-order valence-corrected chi connectivity index (χ0v) is 15.3. The molecule has 18 heavy (non-hydrogen) atoms. The molecule has 0 radical (unpaired) electrons. The number of hydrogen-bond donors (Lipinski definition) is 0. The van der Waals surface area contributed by atoms with Gasteiger partial charge in [-0.05, 0) is 43.0 Å². The Labute approximate surface area is 159 Å². The number of rotatable bonds is 5. The van der Waals surface area contributed by atoms with Crippen molar-refractivity contribution in [3.05, 3.63) is 33.3 Å². The van der Waals surface area contributed by atoms with Crippen molar-refractivity contribution in [2.75, 3.05) is 7.11 Å². The van der Waals surface area contributed by atoms with Gasteiger partial charge in [0.05, 0.1) is 12.1 Å². The van der Waals surface area contributed by atoms with Crippen molar-refractivity contribution in [1.29, 1.82) is 0 Å². The van der Waals surface area contributed by atoms with Gasteiger partial charge in [0.25, 0.3) is 0 Å². The molecule has 0 heterocycles. The van der Waals surface area contributed by atoms with Gasteiger partial charge in [-0.25, -0.2) is 0 Å². The van der Waals surface area contributed by atoms with Crippen LogP contribution in [-0.2, 0) is 16.0 Å². The first-order valence-corrected chi connectivity index (χ1v) is 5.89. The minimum absolute atomic E-state index is 0. The van der Waals surface area contributed by atoms with Crippen molar-refractivity contribution >= 4 is 29.2 Å². The zero-order valence-electron chi connectivity index (χ0n) is 10.6. The molecule has 0 bridgehead atoms. The molecule has 0 aliphatic rings. The molecular weight excluding hydrogens is 302 g/mol. The normalized spacial score (nSPS) is 11.8. The van der Waals surface area contributed by atoms with Gasteiger partial charge in [0.1, 0.15) is 0 Å². The Hall–Kier alpha value is 0.866. The molecule has 0 amide bonds. The first-order chi connectivity index (χ1) is 7.95. The van der Waals surface area contributed by atoms with Crippen molar-refractivity contribution in [2.24, 2.45) is 0 Å². The molecule has 3 nitrogen and oxygen atoms in total. The fourth-order valence-corrected chi connectivity index (χ4v) is 2.00. The van der Waals surface area contributed by atoms with E-state index >= 15 is 0 Å². The van der Waals surface area contributed by atoms with E-state index in [2.05, 4.69) is 0 Å². The summed E-state index contributed by atoms with van der Waals surface area (Å²) in [5.74, 6) is -1.21. The third-order valence-corrected chi connectivity index (χ3v) is 3.37. The Bertz CT molecular complexity index is 401. The van der Waals surface area contributed by atoms with Gasteiger partial charge in [0.2, 0.25) is 0 Å². The molecule has 0 saturated carbocycles. The van der Waals surface area contributed by atoms with Crippen LogP contribution in [0.2, 0.25) is 10.0 Å². The second-order valence-electron chi connectivity index (χ2n) is 3.77. The van der Waals surface area contributed by atoms with E-state index in [0.29, 0.717) is 22.9 Å². The van der Waals surface area contributed by atoms with Gasteiger partial charge in [-0.1, -0.05) is 23.2 Å². The quantitative estimate of drug-likeness (QED) is 0.655. The van der Waals surface area contributed by atoms with Gasteiger partial charge in [0, 0.05) is 17.2 Å². The minimum atomic E-state index is -1.21. The molecule has 0 aromatic heterocycles. The standard InChI is InChI=1S/C12H14Cl2O3.K/c1-7-9(13)5-8(6-10(7)14)3-4-11(17-2)12(15)16;/h5-6,11H,3-4H2,1-2H3,(H,15,16);/q;+1/p-1. The largest absolute Gasteiger partial charge is 1.00 e. The van der Waals surface area contributed by atoms with Crippen LogP contribution in [0.4, 0.5) is 0 Å². The summed E-state index contributed by atoms with van der Waals surface area (Å²) in [5.41, 5.74) is 1.70. The van der Waals surface area contributed by atoms with E-state index in [4.69, 9.17) is 27.9 Å². The van der Waals surface area contributed by atoms with Crippen molar-refractivity contribution in [2.45, 2.75) is 25.9 Å². The van der Waals surface area contributed by atoms with E-state index in [9.17, 15) is 9.90 Å². The Kier molecular flexibility index (Phi) is 9.35. The summed E-state index contributed by atoms with van der Waals surface area (Å²) in [6.07, 6.45) is -0.0605. The Morgan fingerprint density at radius 2 is 1.89 bits per heavy atom. The fraction of sp³-hybridized carbons (Fsp3) is 0.417. The van der Waals surface area contributed by atoms with Crippen LogP contribution in [0.3, 0.4) is 0 Å². The minimum Gasteiger partial charge on any atom is -0.547 e. The first-order valence-electron chi connectivity index (χ1n) is 5.14. The van der Waals surface area contributed by atoms with Crippen LogP contribution in [-0.4, -0.2) is 19.2 Å². The van der Waals surface area contributed by atoms with Gasteiger partial charge in [0.15, 0.2) is 0 Å². The van der Waals surface area contributed by atoms with Gasteiger partial charge in [-0.3, -0.25) is 0 Å². The summed E-state index contributed by atoms with van der Waals surface area (Å²) < 4.78 is 4.79. The molecule has 0 spiro atoms. The average Bonchev–Trinajstić information content (AvgIpc) is 2.26.